The van der Waals surface area contributed by atoms with Gasteiger partial charge in [0.25, 0.3) is 0 Å². The zero-order valence-electron chi connectivity index (χ0n) is 12.0. The Labute approximate surface area is 119 Å². The van der Waals surface area contributed by atoms with Crippen LogP contribution in [0.5, 0.6) is 0 Å². The predicted octanol–water partition coefficient (Wildman–Crippen LogP) is 2.11. The molecule has 1 aliphatic carbocycles. The Morgan fingerprint density at radius 3 is 2.90 bits per heavy atom. The third-order valence-electron chi connectivity index (χ3n) is 4.57. The number of nitrogens with zero attached hydrogens (tertiary/aromatic N) is 1. The lowest BCUT2D eigenvalue weighted by atomic mass is 9.86. The summed E-state index contributed by atoms with van der Waals surface area (Å²) in [6.07, 6.45) is 5.16. The van der Waals surface area contributed by atoms with Gasteiger partial charge in [0.15, 0.2) is 5.69 Å². The summed E-state index contributed by atoms with van der Waals surface area (Å²) in [4.78, 5) is 15.9. The van der Waals surface area contributed by atoms with Gasteiger partial charge in [-0.15, -0.1) is 0 Å². The maximum Gasteiger partial charge on any atom is 0.356 e. The average Bonchev–Trinajstić information content (AvgIpc) is 3.24. The second kappa shape index (κ2) is 5.05. The van der Waals surface area contributed by atoms with Gasteiger partial charge >= 0.3 is 5.97 Å². The molecule has 0 bridgehead atoms. The van der Waals surface area contributed by atoms with Crippen LogP contribution < -0.4 is 10.6 Å². The average molecular weight is 275 g/mol. The van der Waals surface area contributed by atoms with E-state index in [4.69, 9.17) is 4.74 Å². The number of ether oxygens (including phenoxy) is 1. The van der Waals surface area contributed by atoms with E-state index in [2.05, 4.69) is 15.6 Å². The predicted molar refractivity (Wildman–Crippen MR) is 76.8 cm³/mol. The van der Waals surface area contributed by atoms with E-state index in [0.717, 1.165) is 17.9 Å². The van der Waals surface area contributed by atoms with Crippen LogP contribution in [0.25, 0.3) is 0 Å². The second-order valence-electron chi connectivity index (χ2n) is 5.84. The van der Waals surface area contributed by atoms with Crippen molar-refractivity contribution in [2.45, 2.75) is 31.7 Å². The fourth-order valence-corrected chi connectivity index (χ4v) is 3.14. The minimum atomic E-state index is -0.400. The van der Waals surface area contributed by atoms with Crippen LogP contribution in [0.1, 0.15) is 47.8 Å². The summed E-state index contributed by atoms with van der Waals surface area (Å²) in [7, 11) is 3.21. The van der Waals surface area contributed by atoms with Crippen molar-refractivity contribution in [1.82, 2.24) is 10.3 Å². The van der Waals surface area contributed by atoms with E-state index in [1.807, 2.05) is 13.1 Å². The number of hydrogen-bond acceptors (Lipinski definition) is 5. The van der Waals surface area contributed by atoms with E-state index < -0.39 is 5.97 Å². The van der Waals surface area contributed by atoms with Gasteiger partial charge in [0.2, 0.25) is 0 Å². The number of methoxy groups -OCH3 is 1. The SMILES string of the molecule is CNc1nc(C(=O)OC)ccc1C1CC2(CCN1)CC2. The highest BCUT2D eigenvalue weighted by Crippen LogP contribution is 2.56. The van der Waals surface area contributed by atoms with E-state index in [0.29, 0.717) is 17.2 Å². The van der Waals surface area contributed by atoms with E-state index in [1.54, 1.807) is 6.07 Å². The Kier molecular flexibility index (Phi) is 3.38. The molecule has 0 radical (unpaired) electrons. The highest BCUT2D eigenvalue weighted by Gasteiger charge is 2.46. The highest BCUT2D eigenvalue weighted by molar-refractivity contribution is 5.87. The molecule has 0 amide bonds. The lowest BCUT2D eigenvalue weighted by Crippen LogP contribution is -2.33. The Morgan fingerprint density at radius 1 is 1.45 bits per heavy atom. The molecule has 20 heavy (non-hydrogen) atoms. The third kappa shape index (κ3) is 2.38. The van der Waals surface area contributed by atoms with Crippen LogP contribution in [0.15, 0.2) is 12.1 Å². The van der Waals surface area contributed by atoms with Gasteiger partial charge in [-0.2, -0.15) is 0 Å². The van der Waals surface area contributed by atoms with Gasteiger partial charge in [0.05, 0.1) is 7.11 Å². The van der Waals surface area contributed by atoms with Crippen molar-refractivity contribution in [3.8, 4) is 0 Å². The van der Waals surface area contributed by atoms with Gasteiger partial charge in [-0.25, -0.2) is 9.78 Å². The molecule has 2 aliphatic rings. The lowest BCUT2D eigenvalue weighted by Gasteiger charge is -2.31. The Bertz CT molecular complexity index is 526. The zero-order chi connectivity index (χ0) is 14.2. The minimum absolute atomic E-state index is 0.327. The highest BCUT2D eigenvalue weighted by atomic mass is 16.5. The van der Waals surface area contributed by atoms with Gasteiger partial charge in [-0.05, 0) is 43.7 Å². The molecule has 1 saturated heterocycles. The molecule has 5 nitrogen and oxygen atoms in total. The van der Waals surface area contributed by atoms with Gasteiger partial charge in [-0.1, -0.05) is 6.07 Å². The van der Waals surface area contributed by atoms with Gasteiger partial charge in [-0.3, -0.25) is 0 Å². The Morgan fingerprint density at radius 2 is 2.25 bits per heavy atom. The van der Waals surface area contributed by atoms with E-state index in [9.17, 15) is 4.79 Å². The molecular formula is C15H21N3O2. The normalized spacial score (nSPS) is 23.4. The number of carbonyl (C=O) groups is 1. The molecule has 3 rings (SSSR count). The van der Waals surface area contributed by atoms with Gasteiger partial charge < -0.3 is 15.4 Å². The largest absolute Gasteiger partial charge is 0.464 e. The molecule has 2 fully saturated rings. The monoisotopic (exact) mass is 275 g/mol. The summed E-state index contributed by atoms with van der Waals surface area (Å²) < 4.78 is 4.72. The van der Waals surface area contributed by atoms with Crippen LogP contribution in [0.3, 0.4) is 0 Å². The van der Waals surface area contributed by atoms with Crippen molar-refractivity contribution in [1.29, 1.82) is 0 Å². The van der Waals surface area contributed by atoms with Crippen molar-refractivity contribution >= 4 is 11.8 Å². The minimum Gasteiger partial charge on any atom is -0.464 e. The fourth-order valence-electron chi connectivity index (χ4n) is 3.14. The molecule has 0 aromatic carbocycles. The second-order valence-corrected chi connectivity index (χ2v) is 5.84. The fraction of sp³-hybridized carbons (Fsp3) is 0.600. The molecule has 5 heteroatoms. The third-order valence-corrected chi connectivity index (χ3v) is 4.57. The van der Waals surface area contributed by atoms with Crippen LogP contribution in [-0.4, -0.2) is 31.7 Å². The summed E-state index contributed by atoms with van der Waals surface area (Å²) >= 11 is 0. The van der Waals surface area contributed by atoms with Crippen LogP contribution in [0.4, 0.5) is 5.82 Å². The van der Waals surface area contributed by atoms with E-state index in [1.165, 1.54) is 32.8 Å². The summed E-state index contributed by atoms with van der Waals surface area (Å²) in [6.45, 7) is 1.06. The smallest absolute Gasteiger partial charge is 0.356 e. The van der Waals surface area contributed by atoms with Crippen LogP contribution in [0.2, 0.25) is 0 Å². The topological polar surface area (TPSA) is 63.2 Å². The van der Waals surface area contributed by atoms with Crippen molar-refractivity contribution in [2.24, 2.45) is 5.41 Å². The molecule has 1 aliphatic heterocycles. The molecular weight excluding hydrogens is 254 g/mol. The van der Waals surface area contributed by atoms with Crippen molar-refractivity contribution < 1.29 is 9.53 Å². The molecule has 1 spiro atoms. The molecule has 1 unspecified atom stereocenters. The van der Waals surface area contributed by atoms with Crippen molar-refractivity contribution in [2.75, 3.05) is 26.0 Å². The number of anilines is 1. The van der Waals surface area contributed by atoms with Crippen molar-refractivity contribution in [3.63, 3.8) is 0 Å². The number of carbonyl (C=O) groups excluding carboxylic acids is 1. The quantitative estimate of drug-likeness (QED) is 0.827. The zero-order valence-corrected chi connectivity index (χ0v) is 12.0. The molecule has 1 atom stereocenters. The first-order valence-corrected chi connectivity index (χ1v) is 7.18. The number of aromatic nitrogens is 1. The Hall–Kier alpha value is -1.62. The lowest BCUT2D eigenvalue weighted by molar-refractivity contribution is 0.0594. The molecule has 1 aromatic rings. The number of rotatable bonds is 3. The molecule has 2 N–H and O–H groups in total. The summed E-state index contributed by atoms with van der Waals surface area (Å²) in [5, 5.41) is 6.67. The maximum atomic E-state index is 11.6. The first-order valence-electron chi connectivity index (χ1n) is 7.18. The molecule has 2 heterocycles. The van der Waals surface area contributed by atoms with Crippen LogP contribution >= 0.6 is 0 Å². The summed E-state index contributed by atoms with van der Waals surface area (Å²) in [5.41, 5.74) is 2.06. The number of hydrogen-bond donors (Lipinski definition) is 2. The number of esters is 1. The van der Waals surface area contributed by atoms with Gasteiger partial charge in [0, 0.05) is 18.7 Å². The van der Waals surface area contributed by atoms with Crippen LogP contribution in [-0.2, 0) is 4.74 Å². The molecule has 1 aromatic heterocycles. The van der Waals surface area contributed by atoms with E-state index >= 15 is 0 Å². The van der Waals surface area contributed by atoms with Crippen LogP contribution in [0, 0.1) is 5.41 Å². The summed E-state index contributed by atoms with van der Waals surface area (Å²) in [5.74, 6) is 0.367. The number of pyridine rings is 1. The van der Waals surface area contributed by atoms with E-state index in [-0.39, 0.29) is 0 Å². The Balaban J connectivity index is 1.86. The maximum absolute atomic E-state index is 11.6. The standard InChI is InChI=1S/C15H21N3O2/c1-16-13-10(3-4-11(18-13)14(19)20-2)12-9-15(5-6-15)7-8-17-12/h3-4,12,17H,5-9H2,1-2H3,(H,16,18). The number of piperidine rings is 1. The van der Waals surface area contributed by atoms with Crippen molar-refractivity contribution in [3.05, 3.63) is 23.4 Å². The van der Waals surface area contributed by atoms with Gasteiger partial charge in [0.1, 0.15) is 5.82 Å². The molecule has 1 saturated carbocycles. The first-order chi connectivity index (χ1) is 9.67. The number of nitrogens with one attached hydrogen (secondary N) is 2. The summed E-state index contributed by atoms with van der Waals surface area (Å²) in [6, 6.07) is 4.06. The molecule has 108 valence electrons. The first kappa shape index (κ1) is 13.4.